The number of para-hydroxylation sites is 1. The lowest BCUT2D eigenvalue weighted by atomic mass is 10.1. The number of hydrogen-bond acceptors (Lipinski definition) is 4. The number of fused-ring (bicyclic) bond motifs is 2. The average molecular weight is 486 g/mol. The van der Waals surface area contributed by atoms with Gasteiger partial charge in [-0.15, -0.1) is 0 Å². The van der Waals surface area contributed by atoms with Crippen molar-refractivity contribution in [2.45, 2.75) is 38.6 Å². The molecule has 186 valence electrons. The minimum atomic E-state index is -0.164. The Balaban J connectivity index is 1.17. The monoisotopic (exact) mass is 485 g/mol. The molecule has 0 aromatic heterocycles. The fraction of sp³-hybridized carbons (Fsp3) is 0.310. The molecular weight excluding hydrogens is 454 g/mol. The van der Waals surface area contributed by atoms with E-state index in [4.69, 9.17) is 9.47 Å². The van der Waals surface area contributed by atoms with E-state index in [9.17, 15) is 9.59 Å². The average Bonchev–Trinajstić information content (AvgIpc) is 3.12. The van der Waals surface area contributed by atoms with Crippen molar-refractivity contribution in [1.29, 1.82) is 0 Å². The second-order valence-corrected chi connectivity index (χ2v) is 9.23. The molecule has 0 unspecified atom stereocenters. The summed E-state index contributed by atoms with van der Waals surface area (Å²) in [5.41, 5.74) is 4.72. The first-order valence-corrected chi connectivity index (χ1v) is 12.5. The molecule has 3 amide bonds. The van der Waals surface area contributed by atoms with Crippen molar-refractivity contribution in [1.82, 2.24) is 5.32 Å². The van der Waals surface area contributed by atoms with Crippen molar-refractivity contribution in [2.75, 3.05) is 30.0 Å². The van der Waals surface area contributed by atoms with E-state index >= 15 is 0 Å². The largest absolute Gasteiger partial charge is 0.486 e. The molecule has 7 heteroatoms. The van der Waals surface area contributed by atoms with Gasteiger partial charge < -0.3 is 20.1 Å². The maximum atomic E-state index is 13.0. The van der Waals surface area contributed by atoms with Crippen molar-refractivity contribution in [3.05, 3.63) is 83.4 Å². The maximum absolute atomic E-state index is 13.0. The van der Waals surface area contributed by atoms with Crippen LogP contribution in [-0.2, 0) is 17.6 Å². The van der Waals surface area contributed by atoms with Gasteiger partial charge in [0.15, 0.2) is 11.5 Å². The van der Waals surface area contributed by atoms with E-state index in [1.54, 1.807) is 0 Å². The number of ether oxygens (including phenoxy) is 2. The number of aryl methyl sites for hydroxylation is 1. The van der Waals surface area contributed by atoms with Crippen molar-refractivity contribution in [2.24, 2.45) is 0 Å². The highest BCUT2D eigenvalue weighted by molar-refractivity contribution is 6.02. The van der Waals surface area contributed by atoms with Gasteiger partial charge in [-0.2, -0.15) is 0 Å². The van der Waals surface area contributed by atoms with E-state index in [1.165, 1.54) is 5.56 Å². The van der Waals surface area contributed by atoms with Crippen LogP contribution in [0.2, 0.25) is 0 Å². The number of nitrogens with one attached hydrogen (secondary N) is 2. The summed E-state index contributed by atoms with van der Waals surface area (Å²) < 4.78 is 11.2. The second-order valence-electron chi connectivity index (χ2n) is 9.23. The Morgan fingerprint density at radius 3 is 2.56 bits per heavy atom. The van der Waals surface area contributed by atoms with Crippen molar-refractivity contribution < 1.29 is 19.1 Å². The minimum absolute atomic E-state index is 0.0738. The normalized spacial score (nSPS) is 15.3. The number of carbonyl (C=O) groups excluding carboxylic acids is 2. The molecule has 36 heavy (non-hydrogen) atoms. The molecule has 3 aromatic carbocycles. The summed E-state index contributed by atoms with van der Waals surface area (Å²) in [4.78, 5) is 27.5. The van der Waals surface area contributed by atoms with Crippen molar-refractivity contribution >= 4 is 23.3 Å². The Morgan fingerprint density at radius 2 is 1.72 bits per heavy atom. The molecule has 2 N–H and O–H groups in total. The van der Waals surface area contributed by atoms with E-state index in [-0.39, 0.29) is 24.4 Å². The first kappa shape index (κ1) is 23.7. The molecule has 0 spiro atoms. The Hall–Kier alpha value is -4.00. The summed E-state index contributed by atoms with van der Waals surface area (Å²) in [6, 6.07) is 21.0. The lowest BCUT2D eigenvalue weighted by Crippen LogP contribution is -2.35. The number of urea groups is 1. The van der Waals surface area contributed by atoms with Crippen LogP contribution in [0.5, 0.6) is 11.5 Å². The highest BCUT2D eigenvalue weighted by Crippen LogP contribution is 2.32. The summed E-state index contributed by atoms with van der Waals surface area (Å²) in [6.45, 7) is 3.72. The molecule has 1 atom stereocenters. The summed E-state index contributed by atoms with van der Waals surface area (Å²) in [5.74, 6) is 1.37. The van der Waals surface area contributed by atoms with E-state index in [0.717, 1.165) is 41.8 Å². The third-order valence-electron chi connectivity index (χ3n) is 6.62. The van der Waals surface area contributed by atoms with Crippen LogP contribution in [0.3, 0.4) is 0 Å². The van der Waals surface area contributed by atoms with Gasteiger partial charge in [0.1, 0.15) is 13.2 Å². The SMILES string of the molecule is C[C@H](NC(=O)Cc1ccc(NC(=O)N2CCCCc3ccccc32)cc1)c1ccc2c(c1)OCCO2. The van der Waals surface area contributed by atoms with Gasteiger partial charge in [0.05, 0.1) is 12.5 Å². The predicted octanol–water partition coefficient (Wildman–Crippen LogP) is 5.25. The lowest BCUT2D eigenvalue weighted by molar-refractivity contribution is -0.121. The van der Waals surface area contributed by atoms with Crippen molar-refractivity contribution in [3.8, 4) is 11.5 Å². The number of amides is 3. The van der Waals surface area contributed by atoms with E-state index in [2.05, 4.69) is 16.7 Å². The van der Waals surface area contributed by atoms with Crippen LogP contribution in [0, 0.1) is 0 Å². The van der Waals surface area contributed by atoms with Crippen LogP contribution < -0.4 is 25.0 Å². The molecule has 0 saturated carbocycles. The molecule has 3 aromatic rings. The number of nitrogens with zero attached hydrogens (tertiary/aromatic N) is 1. The van der Waals surface area contributed by atoms with Gasteiger partial charge >= 0.3 is 6.03 Å². The van der Waals surface area contributed by atoms with E-state index in [0.29, 0.717) is 31.2 Å². The smallest absolute Gasteiger partial charge is 0.326 e. The molecule has 2 aliphatic rings. The van der Waals surface area contributed by atoms with E-state index < -0.39 is 0 Å². The van der Waals surface area contributed by atoms with Crippen LogP contribution in [-0.4, -0.2) is 31.7 Å². The first-order valence-electron chi connectivity index (χ1n) is 12.5. The third kappa shape index (κ3) is 5.46. The zero-order valence-corrected chi connectivity index (χ0v) is 20.5. The summed E-state index contributed by atoms with van der Waals surface area (Å²) in [6.07, 6.45) is 3.29. The van der Waals surface area contributed by atoms with Crippen LogP contribution in [0.4, 0.5) is 16.2 Å². The van der Waals surface area contributed by atoms with Gasteiger partial charge in [-0.1, -0.05) is 36.4 Å². The predicted molar refractivity (Wildman–Crippen MR) is 140 cm³/mol. The van der Waals surface area contributed by atoms with Crippen LogP contribution in [0.1, 0.15) is 42.5 Å². The quantitative estimate of drug-likeness (QED) is 0.517. The van der Waals surface area contributed by atoms with Crippen LogP contribution in [0.15, 0.2) is 66.7 Å². The van der Waals surface area contributed by atoms with Gasteiger partial charge in [-0.05, 0) is 73.2 Å². The number of hydrogen-bond donors (Lipinski definition) is 2. The first-order chi connectivity index (χ1) is 17.6. The molecule has 2 heterocycles. The fourth-order valence-electron chi connectivity index (χ4n) is 4.69. The van der Waals surface area contributed by atoms with Gasteiger partial charge in [-0.25, -0.2) is 4.79 Å². The highest BCUT2D eigenvalue weighted by Gasteiger charge is 2.21. The molecule has 0 saturated heterocycles. The topological polar surface area (TPSA) is 79.9 Å². The Labute approximate surface area is 211 Å². The Bertz CT molecular complexity index is 1240. The minimum Gasteiger partial charge on any atom is -0.486 e. The number of anilines is 2. The van der Waals surface area contributed by atoms with Gasteiger partial charge in [-0.3, -0.25) is 9.69 Å². The molecule has 7 nitrogen and oxygen atoms in total. The molecule has 2 aliphatic heterocycles. The molecule has 0 radical (unpaired) electrons. The lowest BCUT2D eigenvalue weighted by Gasteiger charge is -2.23. The summed E-state index contributed by atoms with van der Waals surface area (Å²) >= 11 is 0. The summed E-state index contributed by atoms with van der Waals surface area (Å²) in [5, 5.41) is 6.05. The summed E-state index contributed by atoms with van der Waals surface area (Å²) in [7, 11) is 0. The molecule has 5 rings (SSSR count). The van der Waals surface area contributed by atoms with Crippen molar-refractivity contribution in [3.63, 3.8) is 0 Å². The van der Waals surface area contributed by atoms with E-state index in [1.807, 2.05) is 72.5 Å². The zero-order chi connectivity index (χ0) is 24.9. The van der Waals surface area contributed by atoms with Gasteiger partial charge in [0.25, 0.3) is 0 Å². The highest BCUT2D eigenvalue weighted by atomic mass is 16.6. The van der Waals surface area contributed by atoms with Gasteiger partial charge in [0.2, 0.25) is 5.91 Å². The number of rotatable bonds is 5. The maximum Gasteiger partial charge on any atom is 0.326 e. The van der Waals surface area contributed by atoms with Crippen LogP contribution >= 0.6 is 0 Å². The Morgan fingerprint density at radius 1 is 0.944 bits per heavy atom. The van der Waals surface area contributed by atoms with Crippen LogP contribution in [0.25, 0.3) is 0 Å². The molecule has 0 bridgehead atoms. The number of carbonyl (C=O) groups is 2. The zero-order valence-electron chi connectivity index (χ0n) is 20.5. The molecule has 0 aliphatic carbocycles. The Kier molecular flexibility index (Phi) is 7.07. The molecule has 0 fully saturated rings. The fourth-order valence-corrected chi connectivity index (χ4v) is 4.69. The standard InChI is InChI=1S/C29H31N3O4/c1-20(23-11-14-26-27(19-23)36-17-16-35-26)30-28(33)18-21-9-12-24(13-10-21)31-29(34)32-15-5-4-7-22-6-2-3-8-25(22)32/h2-3,6,8-14,19-20H,4-5,7,15-18H2,1H3,(H,30,33)(H,31,34)/t20-/m0/s1. The number of benzene rings is 3. The second kappa shape index (κ2) is 10.7. The molecular formula is C29H31N3O4. The third-order valence-corrected chi connectivity index (χ3v) is 6.62. The van der Waals surface area contributed by atoms with Gasteiger partial charge in [0, 0.05) is 17.9 Å².